The normalized spacial score (nSPS) is 11.2. The van der Waals surface area contributed by atoms with Crippen LogP contribution in [-0.4, -0.2) is 22.5 Å². The highest BCUT2D eigenvalue weighted by Crippen LogP contribution is 2.36. The van der Waals surface area contributed by atoms with Crippen molar-refractivity contribution in [1.82, 2.24) is 0 Å². The third-order valence-electron chi connectivity index (χ3n) is 1.53. The largest absolute Gasteiger partial charge is 0.573 e. The number of benzene rings is 1. The molecule has 0 aliphatic rings. The fraction of sp³-hybridized carbons (Fsp3) is 0.125. The maximum Gasteiger partial charge on any atom is 0.573 e. The first-order valence-corrected chi connectivity index (χ1v) is 4.52. The van der Waals surface area contributed by atoms with E-state index in [1.807, 2.05) is 0 Å². The third kappa shape index (κ3) is 2.78. The van der Waals surface area contributed by atoms with E-state index in [0.29, 0.717) is 0 Å². The van der Waals surface area contributed by atoms with Crippen molar-refractivity contribution in [1.29, 1.82) is 0 Å². The molecule has 4 nitrogen and oxygen atoms in total. The molecule has 8 heteroatoms. The smallest absolute Gasteiger partial charge is 0.506 e. The lowest BCUT2D eigenvalue weighted by molar-refractivity contribution is -0.274. The molecule has 0 bridgehead atoms. The lowest BCUT2D eigenvalue weighted by Gasteiger charge is -2.12. The Morgan fingerprint density at radius 1 is 1.38 bits per heavy atom. The van der Waals surface area contributed by atoms with Crippen LogP contribution in [0, 0.1) is 0 Å². The van der Waals surface area contributed by atoms with Crippen LogP contribution in [0.1, 0.15) is 10.4 Å². The fourth-order valence-electron chi connectivity index (χ4n) is 0.964. The van der Waals surface area contributed by atoms with Crippen molar-refractivity contribution < 1.29 is 32.9 Å². The summed E-state index contributed by atoms with van der Waals surface area (Å²) in [5.74, 6) is -3.52. The lowest BCUT2D eigenvalue weighted by atomic mass is 10.2. The molecule has 0 saturated carbocycles. The highest BCUT2D eigenvalue weighted by Gasteiger charge is 2.34. The van der Waals surface area contributed by atoms with Crippen LogP contribution in [0.15, 0.2) is 16.6 Å². The Morgan fingerprint density at radius 2 is 1.94 bits per heavy atom. The minimum Gasteiger partial charge on any atom is -0.506 e. The highest BCUT2D eigenvalue weighted by molar-refractivity contribution is 9.10. The van der Waals surface area contributed by atoms with Crippen LogP contribution in [0.5, 0.6) is 11.5 Å². The van der Waals surface area contributed by atoms with Gasteiger partial charge in [-0.1, -0.05) is 0 Å². The number of carbonyl (C=O) groups is 1. The highest BCUT2D eigenvalue weighted by atomic mass is 79.9. The van der Waals surface area contributed by atoms with Crippen LogP contribution >= 0.6 is 15.9 Å². The number of hydrogen-bond donors (Lipinski definition) is 2. The second kappa shape index (κ2) is 4.20. The predicted molar refractivity (Wildman–Crippen MR) is 49.4 cm³/mol. The number of halogens is 4. The first kappa shape index (κ1) is 12.6. The molecule has 1 rings (SSSR count). The Bertz CT molecular complexity index is 430. The van der Waals surface area contributed by atoms with Crippen LogP contribution in [-0.2, 0) is 0 Å². The van der Waals surface area contributed by atoms with Gasteiger partial charge >= 0.3 is 12.3 Å². The molecule has 0 spiro atoms. The molecular weight excluding hydrogens is 297 g/mol. The van der Waals surface area contributed by atoms with E-state index in [4.69, 9.17) is 5.11 Å². The molecule has 2 N–H and O–H groups in total. The predicted octanol–water partition coefficient (Wildman–Crippen LogP) is 2.75. The van der Waals surface area contributed by atoms with Gasteiger partial charge in [0.05, 0.1) is 4.47 Å². The Labute approximate surface area is 95.4 Å². The average Bonchev–Trinajstić information content (AvgIpc) is 2.08. The van der Waals surface area contributed by atoms with Crippen LogP contribution in [0.2, 0.25) is 0 Å². The minimum absolute atomic E-state index is 0.0422. The number of hydrogen-bond acceptors (Lipinski definition) is 3. The van der Waals surface area contributed by atoms with Crippen molar-refractivity contribution in [3.05, 3.63) is 22.2 Å². The standard InChI is InChI=1S/C8H4BrF3O4/c9-3-1-2-4(16-8(10,11)12)5(6(3)13)7(14)15/h1-2,13H,(H,14,15). The summed E-state index contributed by atoms with van der Waals surface area (Å²) < 4.78 is 39.2. The number of alkyl halides is 3. The van der Waals surface area contributed by atoms with Crippen molar-refractivity contribution in [3.8, 4) is 11.5 Å². The molecule has 0 heterocycles. The second-order valence-electron chi connectivity index (χ2n) is 2.62. The molecule has 0 aliphatic carbocycles. The molecule has 0 saturated heterocycles. The molecule has 1 aromatic carbocycles. The SMILES string of the molecule is O=C(O)c1c(OC(F)(F)F)ccc(Br)c1O. The topological polar surface area (TPSA) is 66.8 Å². The van der Waals surface area contributed by atoms with Crippen LogP contribution in [0.4, 0.5) is 13.2 Å². The molecule has 0 amide bonds. The molecule has 0 radical (unpaired) electrons. The molecule has 16 heavy (non-hydrogen) atoms. The average molecular weight is 301 g/mol. The number of ether oxygens (including phenoxy) is 1. The number of aromatic carboxylic acids is 1. The Morgan fingerprint density at radius 3 is 2.38 bits per heavy atom. The van der Waals surface area contributed by atoms with Crippen molar-refractivity contribution >= 4 is 21.9 Å². The lowest BCUT2D eigenvalue weighted by Crippen LogP contribution is -2.19. The Balaban J connectivity index is 3.29. The van der Waals surface area contributed by atoms with E-state index in [9.17, 15) is 23.1 Å². The maximum absolute atomic E-state index is 11.9. The summed E-state index contributed by atoms with van der Waals surface area (Å²) in [6.07, 6.45) is -5.02. The van der Waals surface area contributed by atoms with Gasteiger partial charge in [0.1, 0.15) is 17.1 Å². The molecule has 0 unspecified atom stereocenters. The van der Waals surface area contributed by atoms with Gasteiger partial charge in [-0.05, 0) is 28.1 Å². The van der Waals surface area contributed by atoms with Gasteiger partial charge in [0.2, 0.25) is 0 Å². The van der Waals surface area contributed by atoms with Crippen LogP contribution < -0.4 is 4.74 Å². The van der Waals surface area contributed by atoms with Crippen LogP contribution in [0.3, 0.4) is 0 Å². The van der Waals surface area contributed by atoms with Crippen LogP contribution in [0.25, 0.3) is 0 Å². The molecule has 0 atom stereocenters. The summed E-state index contributed by atoms with van der Waals surface area (Å²) in [6.45, 7) is 0. The van der Waals surface area contributed by atoms with Gasteiger partial charge in [-0.15, -0.1) is 13.2 Å². The number of rotatable bonds is 2. The molecule has 1 aromatic rings. The van der Waals surface area contributed by atoms with Crippen molar-refractivity contribution in [3.63, 3.8) is 0 Å². The Kier molecular flexibility index (Phi) is 3.32. The molecule has 0 aliphatic heterocycles. The summed E-state index contributed by atoms with van der Waals surface area (Å²) in [5.41, 5.74) is -0.952. The van der Waals surface area contributed by atoms with Gasteiger partial charge < -0.3 is 14.9 Å². The number of phenols is 1. The maximum atomic E-state index is 11.9. The summed E-state index contributed by atoms with van der Waals surface area (Å²) in [4.78, 5) is 10.7. The van der Waals surface area contributed by atoms with E-state index in [0.717, 1.165) is 12.1 Å². The van der Waals surface area contributed by atoms with Gasteiger partial charge in [0.25, 0.3) is 0 Å². The van der Waals surface area contributed by atoms with Gasteiger partial charge in [-0.25, -0.2) is 4.79 Å². The van der Waals surface area contributed by atoms with E-state index < -0.39 is 29.4 Å². The van der Waals surface area contributed by atoms with E-state index in [2.05, 4.69) is 20.7 Å². The summed E-state index contributed by atoms with van der Waals surface area (Å²) >= 11 is 2.78. The van der Waals surface area contributed by atoms with E-state index in [-0.39, 0.29) is 4.47 Å². The number of aromatic hydroxyl groups is 1. The first-order valence-electron chi connectivity index (χ1n) is 3.73. The Hall–Kier alpha value is -1.44. The van der Waals surface area contributed by atoms with Crippen molar-refractivity contribution in [2.75, 3.05) is 0 Å². The molecule has 0 fully saturated rings. The molecule has 88 valence electrons. The number of carboxylic acids is 1. The summed E-state index contributed by atoms with van der Waals surface area (Å²) in [7, 11) is 0. The number of carboxylic acid groups (broad SMARTS) is 1. The first-order chi connectivity index (χ1) is 7.22. The van der Waals surface area contributed by atoms with E-state index in [1.165, 1.54) is 0 Å². The van der Waals surface area contributed by atoms with E-state index in [1.54, 1.807) is 0 Å². The summed E-state index contributed by atoms with van der Waals surface area (Å²) in [6, 6.07) is 1.84. The van der Waals surface area contributed by atoms with Gasteiger partial charge in [-0.3, -0.25) is 0 Å². The minimum atomic E-state index is -5.02. The van der Waals surface area contributed by atoms with E-state index >= 15 is 0 Å². The van der Waals surface area contributed by atoms with Crippen molar-refractivity contribution in [2.24, 2.45) is 0 Å². The van der Waals surface area contributed by atoms with Gasteiger partial charge in [-0.2, -0.15) is 0 Å². The van der Waals surface area contributed by atoms with Gasteiger partial charge in [0, 0.05) is 0 Å². The molecule has 0 aromatic heterocycles. The summed E-state index contributed by atoms with van der Waals surface area (Å²) in [5, 5.41) is 17.9. The monoisotopic (exact) mass is 300 g/mol. The quantitative estimate of drug-likeness (QED) is 0.881. The zero-order valence-corrected chi connectivity index (χ0v) is 8.96. The zero-order chi connectivity index (χ0) is 12.5. The fourth-order valence-corrected chi connectivity index (χ4v) is 1.29. The third-order valence-corrected chi connectivity index (χ3v) is 2.17. The molecular formula is C8H4BrF3O4. The van der Waals surface area contributed by atoms with Gasteiger partial charge in [0.15, 0.2) is 0 Å². The second-order valence-corrected chi connectivity index (χ2v) is 3.48. The van der Waals surface area contributed by atoms with Crippen molar-refractivity contribution in [2.45, 2.75) is 6.36 Å². The zero-order valence-electron chi connectivity index (χ0n) is 7.38.